The van der Waals surface area contributed by atoms with Crippen molar-refractivity contribution in [2.75, 3.05) is 5.32 Å². The fourth-order valence-electron chi connectivity index (χ4n) is 2.49. The number of halogens is 1. The second-order valence-electron chi connectivity index (χ2n) is 5.57. The van der Waals surface area contributed by atoms with Gasteiger partial charge in [0.05, 0.1) is 17.8 Å². The van der Waals surface area contributed by atoms with Crippen LogP contribution in [0.4, 0.5) is 5.69 Å². The lowest BCUT2D eigenvalue weighted by molar-refractivity contribution is -0.115. The molecule has 0 spiro atoms. The zero-order chi connectivity index (χ0) is 17.3. The first-order chi connectivity index (χ1) is 11.4. The largest absolute Gasteiger partial charge is 0.326 e. The molecule has 1 aromatic carbocycles. The number of benzene rings is 1. The summed E-state index contributed by atoms with van der Waals surface area (Å²) < 4.78 is 1.80. The lowest BCUT2D eigenvalue weighted by atomic mass is 10.1. The Morgan fingerprint density at radius 2 is 2.12 bits per heavy atom. The van der Waals surface area contributed by atoms with Crippen LogP contribution >= 0.6 is 22.9 Å². The van der Waals surface area contributed by atoms with Gasteiger partial charge in [-0.2, -0.15) is 5.10 Å². The van der Waals surface area contributed by atoms with Gasteiger partial charge >= 0.3 is 0 Å². The number of nitrogens with zero attached hydrogens (tertiary/aromatic N) is 3. The number of carbonyl (C=O) groups is 1. The zero-order valence-electron chi connectivity index (χ0n) is 13.6. The summed E-state index contributed by atoms with van der Waals surface area (Å²) in [5, 5.41) is 10.8. The third-order valence-corrected chi connectivity index (χ3v) is 4.84. The predicted octanol–water partition coefficient (Wildman–Crippen LogP) is 4.09. The smallest absolute Gasteiger partial charge is 0.228 e. The minimum atomic E-state index is -0.0988. The second kappa shape index (κ2) is 6.75. The summed E-state index contributed by atoms with van der Waals surface area (Å²) in [6.07, 6.45) is 0.258. The first kappa shape index (κ1) is 16.7. The Kier molecular flexibility index (Phi) is 4.69. The molecule has 0 aliphatic carbocycles. The Hall–Kier alpha value is -2.18. The Balaban J connectivity index is 1.80. The molecular formula is C17H17ClN4OS. The lowest BCUT2D eigenvalue weighted by Gasteiger charge is -2.06. The maximum absolute atomic E-state index is 12.3. The molecule has 0 aliphatic heterocycles. The maximum Gasteiger partial charge on any atom is 0.228 e. The van der Waals surface area contributed by atoms with Gasteiger partial charge < -0.3 is 5.32 Å². The molecular weight excluding hydrogens is 344 g/mol. The van der Waals surface area contributed by atoms with Gasteiger partial charge in [0.25, 0.3) is 0 Å². The van der Waals surface area contributed by atoms with E-state index < -0.39 is 0 Å². The van der Waals surface area contributed by atoms with Crippen molar-refractivity contribution in [3.8, 4) is 5.13 Å². The molecule has 0 bridgehead atoms. The van der Waals surface area contributed by atoms with E-state index in [1.54, 1.807) is 22.9 Å². The van der Waals surface area contributed by atoms with Crippen LogP contribution in [0.2, 0.25) is 5.02 Å². The Morgan fingerprint density at radius 1 is 1.33 bits per heavy atom. The summed E-state index contributed by atoms with van der Waals surface area (Å²) in [7, 11) is 0. The van der Waals surface area contributed by atoms with E-state index in [-0.39, 0.29) is 12.3 Å². The number of rotatable bonds is 4. The SMILES string of the molecule is Cc1csc(-n2nc(C)c(CC(=O)Nc3cccc(Cl)c3)c2C)n1. The third kappa shape index (κ3) is 3.49. The number of nitrogens with one attached hydrogen (secondary N) is 1. The highest BCUT2D eigenvalue weighted by atomic mass is 35.5. The molecule has 0 atom stereocenters. The number of thiazole rings is 1. The zero-order valence-corrected chi connectivity index (χ0v) is 15.2. The molecule has 0 saturated carbocycles. The number of aryl methyl sites for hydroxylation is 2. The maximum atomic E-state index is 12.3. The quantitative estimate of drug-likeness (QED) is 0.762. The van der Waals surface area contributed by atoms with Crippen LogP contribution in [0.1, 0.15) is 22.6 Å². The molecule has 2 aromatic heterocycles. The van der Waals surface area contributed by atoms with E-state index in [1.165, 1.54) is 11.3 Å². The van der Waals surface area contributed by atoms with E-state index >= 15 is 0 Å². The van der Waals surface area contributed by atoms with E-state index in [0.717, 1.165) is 27.8 Å². The highest BCUT2D eigenvalue weighted by Crippen LogP contribution is 2.22. The highest BCUT2D eigenvalue weighted by molar-refractivity contribution is 7.12. The van der Waals surface area contributed by atoms with Crippen molar-refractivity contribution in [2.45, 2.75) is 27.2 Å². The van der Waals surface area contributed by atoms with E-state index in [2.05, 4.69) is 15.4 Å². The fraction of sp³-hybridized carbons (Fsp3) is 0.235. The first-order valence-corrected chi connectivity index (χ1v) is 8.73. The predicted molar refractivity (Wildman–Crippen MR) is 97.2 cm³/mol. The summed E-state index contributed by atoms with van der Waals surface area (Å²) in [4.78, 5) is 16.8. The molecule has 0 radical (unpaired) electrons. The summed E-state index contributed by atoms with van der Waals surface area (Å²) in [6.45, 7) is 5.82. The van der Waals surface area contributed by atoms with Gasteiger partial charge in [0.1, 0.15) is 0 Å². The number of aromatic nitrogens is 3. The fourth-order valence-corrected chi connectivity index (χ4v) is 3.48. The van der Waals surface area contributed by atoms with Crippen LogP contribution in [0.5, 0.6) is 0 Å². The normalized spacial score (nSPS) is 10.8. The lowest BCUT2D eigenvalue weighted by Crippen LogP contribution is -2.15. The summed E-state index contributed by atoms with van der Waals surface area (Å²) >= 11 is 7.48. The van der Waals surface area contributed by atoms with Gasteiger partial charge in [0.2, 0.25) is 11.0 Å². The van der Waals surface area contributed by atoms with Crippen LogP contribution in [0, 0.1) is 20.8 Å². The van der Waals surface area contributed by atoms with E-state index in [0.29, 0.717) is 10.7 Å². The van der Waals surface area contributed by atoms with E-state index in [4.69, 9.17) is 11.6 Å². The van der Waals surface area contributed by atoms with Gasteiger partial charge in [0, 0.05) is 27.3 Å². The minimum Gasteiger partial charge on any atom is -0.326 e. The van der Waals surface area contributed by atoms with Gasteiger partial charge in [-0.05, 0) is 39.0 Å². The molecule has 1 N–H and O–H groups in total. The molecule has 0 saturated heterocycles. The van der Waals surface area contributed by atoms with Crippen molar-refractivity contribution >= 4 is 34.5 Å². The van der Waals surface area contributed by atoms with E-state index in [1.807, 2.05) is 32.2 Å². The molecule has 24 heavy (non-hydrogen) atoms. The number of hydrogen-bond donors (Lipinski definition) is 1. The number of hydrogen-bond acceptors (Lipinski definition) is 4. The van der Waals surface area contributed by atoms with Crippen LogP contribution in [0.25, 0.3) is 5.13 Å². The number of amides is 1. The Bertz CT molecular complexity index is 900. The minimum absolute atomic E-state index is 0.0988. The molecule has 5 nitrogen and oxygen atoms in total. The molecule has 1 amide bonds. The summed E-state index contributed by atoms with van der Waals surface area (Å²) in [5.41, 5.74) is 4.33. The van der Waals surface area contributed by atoms with Gasteiger partial charge in [0.15, 0.2) is 0 Å². The molecule has 7 heteroatoms. The molecule has 0 aliphatic rings. The first-order valence-electron chi connectivity index (χ1n) is 7.47. The second-order valence-corrected chi connectivity index (χ2v) is 6.84. The third-order valence-electron chi connectivity index (χ3n) is 3.67. The Labute approximate surface area is 149 Å². The van der Waals surface area contributed by atoms with Crippen LogP contribution in [0.15, 0.2) is 29.6 Å². The molecule has 124 valence electrons. The van der Waals surface area contributed by atoms with Gasteiger partial charge in [-0.25, -0.2) is 9.67 Å². The van der Waals surface area contributed by atoms with E-state index in [9.17, 15) is 4.79 Å². The van der Waals surface area contributed by atoms with Crippen molar-refractivity contribution in [2.24, 2.45) is 0 Å². The number of carbonyl (C=O) groups excluding carboxylic acids is 1. The Morgan fingerprint density at radius 3 is 2.79 bits per heavy atom. The molecule has 2 heterocycles. The summed E-state index contributed by atoms with van der Waals surface area (Å²) in [6, 6.07) is 7.11. The average Bonchev–Trinajstić information content (AvgIpc) is 3.06. The van der Waals surface area contributed by atoms with Gasteiger partial charge in [-0.1, -0.05) is 17.7 Å². The van der Waals surface area contributed by atoms with Crippen LogP contribution in [-0.4, -0.2) is 20.7 Å². The van der Waals surface area contributed by atoms with Gasteiger partial charge in [-0.3, -0.25) is 4.79 Å². The van der Waals surface area contributed by atoms with Crippen molar-refractivity contribution in [3.63, 3.8) is 0 Å². The van der Waals surface area contributed by atoms with Crippen molar-refractivity contribution in [1.29, 1.82) is 0 Å². The van der Waals surface area contributed by atoms with Crippen LogP contribution in [0.3, 0.4) is 0 Å². The standard InChI is InChI=1S/C17H17ClN4OS/c1-10-9-24-17(19-10)22-12(3)15(11(2)21-22)8-16(23)20-14-6-4-5-13(18)7-14/h4-7,9H,8H2,1-3H3,(H,20,23). The number of anilines is 1. The van der Waals surface area contributed by atoms with Crippen LogP contribution in [-0.2, 0) is 11.2 Å². The molecule has 0 fully saturated rings. The topological polar surface area (TPSA) is 59.8 Å². The van der Waals surface area contributed by atoms with Crippen LogP contribution < -0.4 is 5.32 Å². The van der Waals surface area contributed by atoms with Crippen molar-refractivity contribution in [1.82, 2.24) is 14.8 Å². The average molecular weight is 361 g/mol. The van der Waals surface area contributed by atoms with Crippen molar-refractivity contribution in [3.05, 3.63) is 57.3 Å². The van der Waals surface area contributed by atoms with Crippen molar-refractivity contribution < 1.29 is 4.79 Å². The monoisotopic (exact) mass is 360 g/mol. The molecule has 3 rings (SSSR count). The molecule has 3 aromatic rings. The van der Waals surface area contributed by atoms with Gasteiger partial charge in [-0.15, -0.1) is 11.3 Å². The highest BCUT2D eigenvalue weighted by Gasteiger charge is 2.17. The molecule has 0 unspecified atom stereocenters. The summed E-state index contributed by atoms with van der Waals surface area (Å²) in [5.74, 6) is -0.0988.